The predicted molar refractivity (Wildman–Crippen MR) is 52.6 cm³/mol. The van der Waals surface area contributed by atoms with Crippen LogP contribution >= 0.6 is 0 Å². The molecule has 3 nitrogen and oxygen atoms in total. The van der Waals surface area contributed by atoms with Crippen LogP contribution < -0.4 is 5.32 Å². The minimum atomic E-state index is 0.0834. The zero-order valence-corrected chi connectivity index (χ0v) is 8.59. The Morgan fingerprint density at radius 3 is 3.08 bits per heavy atom. The summed E-state index contributed by atoms with van der Waals surface area (Å²) in [6.45, 7) is 8.65. The van der Waals surface area contributed by atoms with Gasteiger partial charge in [0, 0.05) is 19.5 Å². The molecule has 1 aliphatic heterocycles. The standard InChI is InChI=1S/C10H17N3/c1-4-13-7-11-8-5-6-12-10(2,3)9(8)13/h7,12H,4-6H2,1-3H3. The van der Waals surface area contributed by atoms with Gasteiger partial charge in [0.2, 0.25) is 0 Å². The van der Waals surface area contributed by atoms with E-state index >= 15 is 0 Å². The third-order valence-corrected chi connectivity index (χ3v) is 2.77. The molecule has 0 aromatic carbocycles. The molecule has 0 unspecified atom stereocenters. The van der Waals surface area contributed by atoms with Crippen molar-refractivity contribution in [2.75, 3.05) is 6.54 Å². The molecule has 0 saturated carbocycles. The molecule has 0 fully saturated rings. The molecule has 2 heterocycles. The largest absolute Gasteiger partial charge is 0.333 e. The number of rotatable bonds is 1. The van der Waals surface area contributed by atoms with Crippen molar-refractivity contribution in [3.63, 3.8) is 0 Å². The zero-order chi connectivity index (χ0) is 9.47. The number of nitrogens with one attached hydrogen (secondary N) is 1. The second-order valence-corrected chi connectivity index (χ2v) is 4.13. The van der Waals surface area contributed by atoms with E-state index in [1.54, 1.807) is 0 Å². The third-order valence-electron chi connectivity index (χ3n) is 2.77. The molecule has 2 rings (SSSR count). The lowest BCUT2D eigenvalue weighted by molar-refractivity contribution is 0.355. The van der Waals surface area contributed by atoms with Crippen LogP contribution in [-0.2, 0) is 18.5 Å². The van der Waals surface area contributed by atoms with Crippen LogP contribution in [0.15, 0.2) is 6.33 Å². The van der Waals surface area contributed by atoms with E-state index in [4.69, 9.17) is 0 Å². The van der Waals surface area contributed by atoms with Crippen molar-refractivity contribution in [1.82, 2.24) is 14.9 Å². The summed E-state index contributed by atoms with van der Waals surface area (Å²) < 4.78 is 2.24. The summed E-state index contributed by atoms with van der Waals surface area (Å²) in [7, 11) is 0. The van der Waals surface area contributed by atoms with E-state index in [0.29, 0.717) is 0 Å². The summed E-state index contributed by atoms with van der Waals surface area (Å²) in [5, 5.41) is 3.51. The van der Waals surface area contributed by atoms with Crippen LogP contribution in [0.3, 0.4) is 0 Å². The second-order valence-electron chi connectivity index (χ2n) is 4.13. The summed E-state index contributed by atoms with van der Waals surface area (Å²) >= 11 is 0. The van der Waals surface area contributed by atoms with Crippen LogP contribution in [0.2, 0.25) is 0 Å². The molecule has 72 valence electrons. The highest BCUT2D eigenvalue weighted by Gasteiger charge is 2.30. The van der Waals surface area contributed by atoms with E-state index in [0.717, 1.165) is 19.5 Å². The normalized spacial score (nSPS) is 19.9. The van der Waals surface area contributed by atoms with Gasteiger partial charge in [-0.1, -0.05) is 0 Å². The summed E-state index contributed by atoms with van der Waals surface area (Å²) in [4.78, 5) is 4.45. The van der Waals surface area contributed by atoms with E-state index in [2.05, 4.69) is 35.6 Å². The van der Waals surface area contributed by atoms with Crippen LogP contribution in [-0.4, -0.2) is 16.1 Å². The lowest BCUT2D eigenvalue weighted by Gasteiger charge is -2.32. The molecule has 0 aliphatic carbocycles. The number of imidazole rings is 1. The maximum absolute atomic E-state index is 4.45. The van der Waals surface area contributed by atoms with Crippen LogP contribution in [0.25, 0.3) is 0 Å². The molecule has 13 heavy (non-hydrogen) atoms. The average Bonchev–Trinajstić information content (AvgIpc) is 2.48. The first-order valence-corrected chi connectivity index (χ1v) is 4.94. The van der Waals surface area contributed by atoms with E-state index in [1.807, 2.05) is 6.33 Å². The van der Waals surface area contributed by atoms with Crippen molar-refractivity contribution in [2.45, 2.75) is 39.3 Å². The SMILES string of the molecule is CCn1cnc2c1C(C)(C)NCC2. The van der Waals surface area contributed by atoms with Gasteiger partial charge in [-0.2, -0.15) is 0 Å². The Kier molecular flexibility index (Phi) is 1.91. The fourth-order valence-corrected chi connectivity index (χ4v) is 2.14. The molecule has 0 atom stereocenters. The van der Waals surface area contributed by atoms with Gasteiger partial charge in [-0.25, -0.2) is 4.98 Å². The molecule has 1 N–H and O–H groups in total. The Labute approximate surface area is 79.2 Å². The summed E-state index contributed by atoms with van der Waals surface area (Å²) in [5.74, 6) is 0. The highest BCUT2D eigenvalue weighted by molar-refractivity contribution is 5.24. The highest BCUT2D eigenvalue weighted by Crippen LogP contribution is 2.26. The summed E-state index contributed by atoms with van der Waals surface area (Å²) in [5.41, 5.74) is 2.71. The molecule has 0 amide bonds. The molecule has 0 bridgehead atoms. The molecule has 1 aromatic heterocycles. The monoisotopic (exact) mass is 179 g/mol. The van der Waals surface area contributed by atoms with Gasteiger partial charge in [-0.05, 0) is 20.8 Å². The van der Waals surface area contributed by atoms with Gasteiger partial charge in [0.1, 0.15) is 0 Å². The van der Waals surface area contributed by atoms with Crippen molar-refractivity contribution in [2.24, 2.45) is 0 Å². The van der Waals surface area contributed by atoms with Crippen LogP contribution in [0.5, 0.6) is 0 Å². The Balaban J connectivity index is 2.52. The van der Waals surface area contributed by atoms with Crippen molar-refractivity contribution in [3.05, 3.63) is 17.7 Å². The highest BCUT2D eigenvalue weighted by atomic mass is 15.1. The lowest BCUT2D eigenvalue weighted by atomic mass is 9.93. The van der Waals surface area contributed by atoms with Crippen molar-refractivity contribution >= 4 is 0 Å². The molecule has 1 aromatic rings. The van der Waals surface area contributed by atoms with Crippen LogP contribution in [0.1, 0.15) is 32.2 Å². The Morgan fingerprint density at radius 2 is 2.38 bits per heavy atom. The Morgan fingerprint density at radius 1 is 1.62 bits per heavy atom. The van der Waals surface area contributed by atoms with Gasteiger partial charge in [0.05, 0.1) is 23.3 Å². The predicted octanol–water partition coefficient (Wildman–Crippen LogP) is 1.28. The minimum Gasteiger partial charge on any atom is -0.333 e. The first kappa shape index (κ1) is 8.75. The zero-order valence-electron chi connectivity index (χ0n) is 8.59. The maximum Gasteiger partial charge on any atom is 0.0952 e. The van der Waals surface area contributed by atoms with E-state index in [9.17, 15) is 0 Å². The number of hydrogen-bond donors (Lipinski definition) is 1. The van der Waals surface area contributed by atoms with E-state index in [-0.39, 0.29) is 5.54 Å². The first-order valence-electron chi connectivity index (χ1n) is 4.94. The van der Waals surface area contributed by atoms with Crippen molar-refractivity contribution in [1.29, 1.82) is 0 Å². The quantitative estimate of drug-likeness (QED) is 0.704. The molecular formula is C10H17N3. The summed E-state index contributed by atoms with van der Waals surface area (Å²) in [6.07, 6.45) is 3.02. The molecule has 1 aliphatic rings. The first-order chi connectivity index (χ1) is 6.15. The number of nitrogens with zero attached hydrogens (tertiary/aromatic N) is 2. The third kappa shape index (κ3) is 1.27. The number of aryl methyl sites for hydroxylation is 1. The molecular weight excluding hydrogens is 162 g/mol. The minimum absolute atomic E-state index is 0.0834. The fraction of sp³-hybridized carbons (Fsp3) is 0.700. The van der Waals surface area contributed by atoms with Crippen molar-refractivity contribution in [3.8, 4) is 0 Å². The maximum atomic E-state index is 4.45. The molecule has 0 spiro atoms. The Bertz CT molecular complexity index is 298. The van der Waals surface area contributed by atoms with Crippen LogP contribution in [0, 0.1) is 0 Å². The van der Waals surface area contributed by atoms with Gasteiger partial charge in [0.15, 0.2) is 0 Å². The number of aromatic nitrogens is 2. The topological polar surface area (TPSA) is 29.9 Å². The number of fused-ring (bicyclic) bond motifs is 1. The average molecular weight is 179 g/mol. The van der Waals surface area contributed by atoms with Crippen molar-refractivity contribution < 1.29 is 0 Å². The smallest absolute Gasteiger partial charge is 0.0952 e. The molecule has 0 saturated heterocycles. The van der Waals surface area contributed by atoms with Gasteiger partial charge in [0.25, 0.3) is 0 Å². The van der Waals surface area contributed by atoms with E-state index in [1.165, 1.54) is 11.4 Å². The van der Waals surface area contributed by atoms with Crippen LogP contribution in [0.4, 0.5) is 0 Å². The van der Waals surface area contributed by atoms with Gasteiger partial charge < -0.3 is 9.88 Å². The van der Waals surface area contributed by atoms with Gasteiger partial charge >= 0.3 is 0 Å². The summed E-state index contributed by atoms with van der Waals surface area (Å²) in [6, 6.07) is 0. The Hall–Kier alpha value is -0.830. The van der Waals surface area contributed by atoms with E-state index < -0.39 is 0 Å². The number of hydrogen-bond acceptors (Lipinski definition) is 2. The lowest BCUT2D eigenvalue weighted by Crippen LogP contribution is -2.43. The molecule has 0 radical (unpaired) electrons. The van der Waals surface area contributed by atoms with Gasteiger partial charge in [-0.3, -0.25) is 0 Å². The fourth-order valence-electron chi connectivity index (χ4n) is 2.14. The molecule has 3 heteroatoms. The van der Waals surface area contributed by atoms with Gasteiger partial charge in [-0.15, -0.1) is 0 Å². The second kappa shape index (κ2) is 2.84.